The zero-order valence-corrected chi connectivity index (χ0v) is 34.0. The van der Waals surface area contributed by atoms with Gasteiger partial charge >= 0.3 is 0 Å². The highest BCUT2D eigenvalue weighted by molar-refractivity contribution is 7.90. The molecule has 3 amide bonds. The molecule has 2 saturated carbocycles. The number of pyridine rings is 2. The number of nitrogens with one attached hydrogen (secondary N) is 1. The van der Waals surface area contributed by atoms with E-state index in [0.29, 0.717) is 72.6 Å². The second-order valence-corrected chi connectivity index (χ2v) is 18.7. The van der Waals surface area contributed by atoms with E-state index in [9.17, 15) is 27.6 Å². The van der Waals surface area contributed by atoms with Gasteiger partial charge in [0.1, 0.15) is 17.6 Å². The molecule has 0 radical (unpaired) electrons. The lowest BCUT2D eigenvalue weighted by atomic mass is 9.90. The Morgan fingerprint density at radius 1 is 0.966 bits per heavy atom. The third-order valence-corrected chi connectivity index (χ3v) is 14.5. The molecule has 14 heteroatoms. The SMILES string of the molecule is COc1ccc2c(O[C@@H]3C[C@H]4C(=O)C[C@]5(C(=O)NS(=O)(=O)C6CC6)C[C@H]5/C=C\CCCCC[C@H](CC(=O)N5CCCCC5)C(=O)N4C3)cc(-c3ccccn3)nc2c1. The normalized spacial score (nSPS) is 27.5. The first-order chi connectivity index (χ1) is 28.0. The van der Waals surface area contributed by atoms with E-state index in [-0.39, 0.29) is 49.3 Å². The Morgan fingerprint density at radius 2 is 1.78 bits per heavy atom. The summed E-state index contributed by atoms with van der Waals surface area (Å²) in [5.74, 6) is -1.06. The Hall–Kier alpha value is -4.85. The average Bonchev–Trinajstić information content (AvgIpc) is 4.16. The number of amides is 3. The average molecular weight is 812 g/mol. The van der Waals surface area contributed by atoms with Gasteiger partial charge in [-0.3, -0.25) is 28.9 Å². The molecule has 4 fully saturated rings. The number of carbonyl (C=O) groups is 4. The maximum atomic E-state index is 14.9. The lowest BCUT2D eigenvalue weighted by molar-refractivity contribution is -0.145. The van der Waals surface area contributed by atoms with Crippen molar-refractivity contribution in [3.8, 4) is 22.9 Å². The van der Waals surface area contributed by atoms with Crippen molar-refractivity contribution >= 4 is 44.4 Å². The van der Waals surface area contributed by atoms with E-state index in [1.54, 1.807) is 18.2 Å². The molecule has 0 unspecified atom stereocenters. The van der Waals surface area contributed by atoms with Crippen molar-refractivity contribution in [2.75, 3.05) is 26.7 Å². The first kappa shape index (κ1) is 40.0. The van der Waals surface area contributed by atoms with E-state index >= 15 is 0 Å². The van der Waals surface area contributed by atoms with Gasteiger partial charge in [0, 0.05) is 62.0 Å². The van der Waals surface area contributed by atoms with Crippen LogP contribution in [-0.4, -0.2) is 95.8 Å². The van der Waals surface area contributed by atoms with Crippen LogP contribution in [0.5, 0.6) is 11.5 Å². The number of fused-ring (bicyclic) bond motifs is 3. The molecule has 3 aliphatic heterocycles. The molecule has 8 rings (SSSR count). The first-order valence-corrected chi connectivity index (χ1v) is 22.5. The Balaban J connectivity index is 1.12. The van der Waals surface area contributed by atoms with Crippen LogP contribution >= 0.6 is 0 Å². The highest BCUT2D eigenvalue weighted by Gasteiger charge is 2.61. The van der Waals surface area contributed by atoms with E-state index in [2.05, 4.69) is 9.71 Å². The Kier molecular flexibility index (Phi) is 11.6. The predicted molar refractivity (Wildman–Crippen MR) is 217 cm³/mol. The highest BCUT2D eigenvalue weighted by atomic mass is 32.2. The van der Waals surface area contributed by atoms with E-state index in [1.807, 2.05) is 59.5 Å². The fraction of sp³-hybridized carbons (Fsp3) is 0.545. The fourth-order valence-electron chi connectivity index (χ4n) is 9.03. The van der Waals surface area contributed by atoms with Crippen LogP contribution in [0.2, 0.25) is 0 Å². The summed E-state index contributed by atoms with van der Waals surface area (Å²) in [5, 5.41) is 0.125. The van der Waals surface area contributed by atoms with E-state index < -0.39 is 44.7 Å². The van der Waals surface area contributed by atoms with Gasteiger partial charge in [-0.1, -0.05) is 31.1 Å². The van der Waals surface area contributed by atoms with Crippen molar-refractivity contribution in [2.24, 2.45) is 17.3 Å². The summed E-state index contributed by atoms with van der Waals surface area (Å²) in [6.07, 6.45) is 13.1. The molecule has 2 aliphatic carbocycles. The number of hydrogen-bond donors (Lipinski definition) is 1. The number of Topliss-reactive ketones (excluding diaryl/α,β-unsaturated/α-hetero) is 1. The molecule has 0 bridgehead atoms. The van der Waals surface area contributed by atoms with Crippen LogP contribution in [0.4, 0.5) is 0 Å². The number of nitrogens with zero attached hydrogens (tertiary/aromatic N) is 4. The minimum absolute atomic E-state index is 0.0391. The predicted octanol–water partition coefficient (Wildman–Crippen LogP) is 5.77. The molecule has 0 spiro atoms. The third-order valence-electron chi connectivity index (χ3n) is 12.7. The first-order valence-electron chi connectivity index (χ1n) is 21.0. The lowest BCUT2D eigenvalue weighted by Crippen LogP contribution is -2.47. The number of hydrogen-bond acceptors (Lipinski definition) is 10. The number of likely N-dealkylation sites (tertiary alicyclic amines) is 1. The zero-order chi connectivity index (χ0) is 40.4. The van der Waals surface area contributed by atoms with Gasteiger partial charge in [-0.2, -0.15) is 0 Å². The summed E-state index contributed by atoms with van der Waals surface area (Å²) in [6.45, 7) is 1.46. The van der Waals surface area contributed by atoms with Crippen molar-refractivity contribution in [1.29, 1.82) is 0 Å². The van der Waals surface area contributed by atoms with Gasteiger partial charge in [0.2, 0.25) is 27.7 Å². The van der Waals surface area contributed by atoms with E-state index in [1.165, 1.54) is 0 Å². The molecule has 2 saturated heterocycles. The molecule has 5 atom stereocenters. The number of ketones is 1. The second kappa shape index (κ2) is 16.8. The van der Waals surface area contributed by atoms with Crippen molar-refractivity contribution in [3.05, 3.63) is 60.8 Å². The summed E-state index contributed by atoms with van der Waals surface area (Å²) < 4.78 is 40.5. The van der Waals surface area contributed by atoms with Crippen LogP contribution < -0.4 is 14.2 Å². The zero-order valence-electron chi connectivity index (χ0n) is 33.1. The lowest BCUT2D eigenvalue weighted by Gasteiger charge is -2.31. The number of rotatable bonds is 9. The Morgan fingerprint density at radius 3 is 2.53 bits per heavy atom. The molecule has 3 aromatic rings. The number of benzene rings is 1. The van der Waals surface area contributed by atoms with Gasteiger partial charge in [0.25, 0.3) is 0 Å². The number of aromatic nitrogens is 2. The molecule has 2 aromatic heterocycles. The molecule has 58 heavy (non-hydrogen) atoms. The minimum atomic E-state index is -3.85. The topological polar surface area (TPSA) is 165 Å². The van der Waals surface area contributed by atoms with Gasteiger partial charge < -0.3 is 19.3 Å². The quantitative estimate of drug-likeness (QED) is 0.263. The van der Waals surface area contributed by atoms with Gasteiger partial charge in [-0.25, -0.2) is 13.4 Å². The van der Waals surface area contributed by atoms with Gasteiger partial charge in [-0.05, 0) is 88.0 Å². The van der Waals surface area contributed by atoms with Crippen molar-refractivity contribution in [1.82, 2.24) is 24.5 Å². The molecule has 5 aliphatic rings. The summed E-state index contributed by atoms with van der Waals surface area (Å²) >= 11 is 0. The number of carbonyl (C=O) groups excluding carboxylic acids is 4. The van der Waals surface area contributed by atoms with Crippen molar-refractivity contribution in [3.63, 3.8) is 0 Å². The van der Waals surface area contributed by atoms with Gasteiger partial charge in [-0.15, -0.1) is 0 Å². The molecule has 1 N–H and O–H groups in total. The number of allylic oxidation sites excluding steroid dienone is 2. The van der Waals surface area contributed by atoms with Crippen LogP contribution in [0.15, 0.2) is 60.8 Å². The summed E-state index contributed by atoms with van der Waals surface area (Å²) in [6, 6.07) is 11.9. The smallest absolute Gasteiger partial charge is 0.240 e. The van der Waals surface area contributed by atoms with Crippen molar-refractivity contribution < 1.29 is 37.1 Å². The molecule has 13 nitrogen and oxygen atoms in total. The standard InChI is InChI=1S/C44H53N5O8S/c1-56-31-15-18-34-36(23-31)46-37(35-14-8-9-19-45-35)25-40(34)57-32-24-38-39(50)27-44(43(53)47-58(54,55)33-16-17-33)26-30(44)13-7-4-2-3-6-12-29(42(52)49(38)28-32)22-41(51)48-20-10-5-11-21-48/h7-9,13-15,18-19,23,25,29-30,32-33,38H,2-6,10-12,16-17,20-22,24,26-28H2,1H3,(H,47,53)/b13-7-/t29-,30-,32-,38+,44-/m1/s1. The fourth-order valence-corrected chi connectivity index (χ4v) is 10.4. The van der Waals surface area contributed by atoms with E-state index in [0.717, 1.165) is 44.9 Å². The van der Waals surface area contributed by atoms with Crippen LogP contribution in [0.1, 0.15) is 89.9 Å². The van der Waals surface area contributed by atoms with Crippen LogP contribution in [0.3, 0.4) is 0 Å². The van der Waals surface area contributed by atoms with E-state index in [4.69, 9.17) is 14.5 Å². The largest absolute Gasteiger partial charge is 0.497 e. The maximum absolute atomic E-state index is 14.9. The summed E-state index contributed by atoms with van der Waals surface area (Å²) in [7, 11) is -2.26. The molecule has 308 valence electrons. The number of piperidine rings is 1. The van der Waals surface area contributed by atoms with Gasteiger partial charge in [0.05, 0.1) is 47.3 Å². The highest BCUT2D eigenvalue weighted by Crippen LogP contribution is 2.57. The molecular formula is C44H53N5O8S. The van der Waals surface area contributed by atoms with Crippen LogP contribution in [-0.2, 0) is 29.2 Å². The number of sulfonamides is 1. The summed E-state index contributed by atoms with van der Waals surface area (Å²) in [4.78, 5) is 70.0. The molecule has 5 heterocycles. The molecule has 1 aromatic carbocycles. The van der Waals surface area contributed by atoms with Crippen LogP contribution in [0, 0.1) is 17.3 Å². The number of ether oxygens (including phenoxy) is 2. The maximum Gasteiger partial charge on any atom is 0.240 e. The second-order valence-electron chi connectivity index (χ2n) is 16.8. The van der Waals surface area contributed by atoms with Crippen molar-refractivity contribution in [2.45, 2.75) is 107 Å². The third kappa shape index (κ3) is 8.62. The number of methoxy groups -OCH3 is 1. The Labute approximate surface area is 340 Å². The molecular weight excluding hydrogens is 759 g/mol. The summed E-state index contributed by atoms with van der Waals surface area (Å²) in [5.41, 5.74) is 0.610. The monoisotopic (exact) mass is 811 g/mol. The van der Waals surface area contributed by atoms with Crippen LogP contribution in [0.25, 0.3) is 22.3 Å². The van der Waals surface area contributed by atoms with Gasteiger partial charge in [0.15, 0.2) is 5.78 Å². The Bertz CT molecular complexity index is 2190. The minimum Gasteiger partial charge on any atom is -0.497 e.